The molecule has 1 saturated heterocycles. The Morgan fingerprint density at radius 1 is 1.40 bits per heavy atom. The second kappa shape index (κ2) is 5.58. The lowest BCUT2D eigenvalue weighted by Crippen LogP contribution is -2.19. The zero-order valence-corrected chi connectivity index (χ0v) is 11.8. The van der Waals surface area contributed by atoms with Gasteiger partial charge in [0, 0.05) is 6.54 Å². The van der Waals surface area contributed by atoms with Crippen molar-refractivity contribution >= 4 is 28.9 Å². The molecule has 5 nitrogen and oxygen atoms in total. The van der Waals surface area contributed by atoms with Crippen molar-refractivity contribution in [2.24, 2.45) is 4.99 Å². The average molecular weight is 290 g/mol. The van der Waals surface area contributed by atoms with Crippen LogP contribution < -0.4 is 14.8 Å². The topological polar surface area (TPSA) is 59.9 Å². The first-order chi connectivity index (χ1) is 9.76. The number of ether oxygens (including phenoxy) is 2. The maximum Gasteiger partial charge on any atom is 0.264 e. The van der Waals surface area contributed by atoms with E-state index in [1.54, 1.807) is 0 Å². The van der Waals surface area contributed by atoms with Gasteiger partial charge in [0.2, 0.25) is 6.79 Å². The van der Waals surface area contributed by atoms with E-state index >= 15 is 0 Å². The van der Waals surface area contributed by atoms with E-state index in [0.717, 1.165) is 24.3 Å². The fraction of sp³-hybridized carbons (Fsp3) is 0.286. The number of carbonyl (C=O) groups is 1. The highest BCUT2D eigenvalue weighted by molar-refractivity contribution is 8.18. The summed E-state index contributed by atoms with van der Waals surface area (Å²) >= 11 is 1.37. The quantitative estimate of drug-likeness (QED) is 0.868. The second-order valence-electron chi connectivity index (χ2n) is 4.36. The van der Waals surface area contributed by atoms with Crippen molar-refractivity contribution in [2.45, 2.75) is 13.3 Å². The number of hydrogen-bond donors (Lipinski definition) is 1. The van der Waals surface area contributed by atoms with Gasteiger partial charge >= 0.3 is 0 Å². The third-order valence-corrected chi connectivity index (χ3v) is 3.77. The van der Waals surface area contributed by atoms with Gasteiger partial charge in [-0.1, -0.05) is 13.0 Å². The smallest absolute Gasteiger partial charge is 0.264 e. The summed E-state index contributed by atoms with van der Waals surface area (Å²) in [6, 6.07) is 5.61. The maximum atomic E-state index is 11.8. The van der Waals surface area contributed by atoms with Gasteiger partial charge in [0.05, 0.1) is 4.91 Å². The first kappa shape index (κ1) is 13.1. The molecule has 0 atom stereocenters. The van der Waals surface area contributed by atoms with Crippen LogP contribution in [0.25, 0.3) is 6.08 Å². The first-order valence-corrected chi connectivity index (χ1v) is 7.23. The molecule has 20 heavy (non-hydrogen) atoms. The normalized spacial score (nSPS) is 20.8. The fourth-order valence-corrected chi connectivity index (χ4v) is 2.72. The molecule has 3 rings (SSSR count). The van der Waals surface area contributed by atoms with E-state index in [1.807, 2.05) is 24.3 Å². The molecule has 1 amide bonds. The van der Waals surface area contributed by atoms with Gasteiger partial charge < -0.3 is 14.8 Å². The number of amidine groups is 1. The predicted molar refractivity (Wildman–Crippen MR) is 78.9 cm³/mol. The van der Waals surface area contributed by atoms with Crippen molar-refractivity contribution in [1.29, 1.82) is 0 Å². The molecule has 104 valence electrons. The van der Waals surface area contributed by atoms with Crippen LogP contribution in [0.2, 0.25) is 0 Å². The van der Waals surface area contributed by atoms with Crippen molar-refractivity contribution in [2.75, 3.05) is 13.3 Å². The molecular formula is C14H14N2O3S. The van der Waals surface area contributed by atoms with Gasteiger partial charge in [-0.25, -0.2) is 0 Å². The van der Waals surface area contributed by atoms with Crippen LogP contribution in [-0.2, 0) is 4.79 Å². The molecule has 0 unspecified atom stereocenters. The van der Waals surface area contributed by atoms with Crippen molar-refractivity contribution in [3.8, 4) is 11.5 Å². The van der Waals surface area contributed by atoms with Crippen LogP contribution in [0.15, 0.2) is 28.1 Å². The zero-order chi connectivity index (χ0) is 13.9. The van der Waals surface area contributed by atoms with Gasteiger partial charge in [0.1, 0.15) is 0 Å². The van der Waals surface area contributed by atoms with Crippen LogP contribution >= 0.6 is 11.8 Å². The molecule has 6 heteroatoms. The molecule has 1 aromatic carbocycles. The molecule has 1 aromatic rings. The molecular weight excluding hydrogens is 276 g/mol. The summed E-state index contributed by atoms with van der Waals surface area (Å²) in [4.78, 5) is 16.8. The lowest BCUT2D eigenvalue weighted by molar-refractivity contribution is -0.115. The summed E-state index contributed by atoms with van der Waals surface area (Å²) in [5.41, 5.74) is 0.906. The van der Waals surface area contributed by atoms with Gasteiger partial charge in [0.15, 0.2) is 16.7 Å². The highest BCUT2D eigenvalue weighted by atomic mass is 32.2. The summed E-state index contributed by atoms with van der Waals surface area (Å²) < 4.78 is 10.6. The number of benzene rings is 1. The van der Waals surface area contributed by atoms with Crippen molar-refractivity contribution in [1.82, 2.24) is 5.32 Å². The summed E-state index contributed by atoms with van der Waals surface area (Å²) in [6.45, 7) is 3.02. The van der Waals surface area contributed by atoms with Crippen molar-refractivity contribution in [3.05, 3.63) is 28.7 Å². The van der Waals surface area contributed by atoms with Crippen LogP contribution in [-0.4, -0.2) is 24.4 Å². The van der Waals surface area contributed by atoms with Crippen LogP contribution in [0.3, 0.4) is 0 Å². The van der Waals surface area contributed by atoms with Crippen molar-refractivity contribution in [3.63, 3.8) is 0 Å². The molecule has 0 bridgehead atoms. The number of nitrogens with one attached hydrogen (secondary N) is 1. The summed E-state index contributed by atoms with van der Waals surface area (Å²) in [6.07, 6.45) is 2.79. The molecule has 1 fully saturated rings. The Hall–Kier alpha value is -1.95. The van der Waals surface area contributed by atoms with E-state index in [4.69, 9.17) is 9.47 Å². The van der Waals surface area contributed by atoms with Gasteiger partial charge in [-0.15, -0.1) is 0 Å². The van der Waals surface area contributed by atoms with E-state index in [1.165, 1.54) is 11.8 Å². The second-order valence-corrected chi connectivity index (χ2v) is 5.39. The molecule has 2 heterocycles. The SMILES string of the molecule is CCCN=C1NC(=O)/C(=C/c2ccc3c(c2)OCO3)S1. The minimum absolute atomic E-state index is 0.109. The lowest BCUT2D eigenvalue weighted by atomic mass is 10.2. The Bertz CT molecular complexity index is 610. The van der Waals surface area contributed by atoms with Gasteiger partial charge in [-0.3, -0.25) is 9.79 Å². The van der Waals surface area contributed by atoms with Crippen molar-refractivity contribution < 1.29 is 14.3 Å². The maximum absolute atomic E-state index is 11.8. The minimum atomic E-state index is -0.109. The first-order valence-electron chi connectivity index (χ1n) is 6.41. The molecule has 0 saturated carbocycles. The average Bonchev–Trinajstić information content (AvgIpc) is 3.03. The summed E-state index contributed by atoms with van der Waals surface area (Å²) in [5.74, 6) is 1.34. The third kappa shape index (κ3) is 2.65. The number of amides is 1. The number of hydrogen-bond acceptors (Lipinski definition) is 5. The number of thioether (sulfide) groups is 1. The van der Waals surface area contributed by atoms with Gasteiger partial charge in [0.25, 0.3) is 5.91 Å². The van der Waals surface area contributed by atoms with E-state index in [9.17, 15) is 4.79 Å². The van der Waals surface area contributed by atoms with Crippen LogP contribution in [0, 0.1) is 0 Å². The standard InChI is InChI=1S/C14H14N2O3S/c1-2-5-15-14-16-13(17)12(20-14)7-9-3-4-10-11(6-9)19-8-18-10/h3-4,6-7H,2,5,8H2,1H3,(H,15,16,17)/b12-7-. The van der Waals surface area contributed by atoms with E-state index < -0.39 is 0 Å². The van der Waals surface area contributed by atoms with E-state index in [0.29, 0.717) is 15.8 Å². The Morgan fingerprint density at radius 2 is 2.25 bits per heavy atom. The predicted octanol–water partition coefficient (Wildman–Crippen LogP) is 2.39. The minimum Gasteiger partial charge on any atom is -0.454 e. The summed E-state index contributed by atoms with van der Waals surface area (Å²) in [7, 11) is 0. The molecule has 2 aliphatic heterocycles. The Kier molecular flexibility index (Phi) is 3.64. The Labute approximate surface area is 121 Å². The molecule has 1 N–H and O–H groups in total. The number of aliphatic imine (C=N–C) groups is 1. The lowest BCUT2D eigenvalue weighted by Gasteiger charge is -1.98. The Morgan fingerprint density at radius 3 is 3.10 bits per heavy atom. The largest absolute Gasteiger partial charge is 0.454 e. The third-order valence-electron chi connectivity index (χ3n) is 2.82. The van der Waals surface area contributed by atoms with Gasteiger partial charge in [-0.2, -0.15) is 0 Å². The van der Waals surface area contributed by atoms with Crippen LogP contribution in [0.1, 0.15) is 18.9 Å². The van der Waals surface area contributed by atoms with Crippen LogP contribution in [0.4, 0.5) is 0 Å². The number of nitrogens with zero attached hydrogens (tertiary/aromatic N) is 1. The highest BCUT2D eigenvalue weighted by Gasteiger charge is 2.23. The molecule has 0 aromatic heterocycles. The Balaban J connectivity index is 1.80. The molecule has 0 spiro atoms. The summed E-state index contributed by atoms with van der Waals surface area (Å²) in [5, 5.41) is 3.43. The molecule has 0 aliphatic carbocycles. The fourth-order valence-electron chi connectivity index (χ4n) is 1.87. The number of fused-ring (bicyclic) bond motifs is 1. The van der Waals surface area contributed by atoms with E-state index in [-0.39, 0.29) is 12.7 Å². The zero-order valence-electron chi connectivity index (χ0n) is 11.0. The highest BCUT2D eigenvalue weighted by Crippen LogP contribution is 2.34. The number of carbonyl (C=O) groups excluding carboxylic acids is 1. The van der Waals surface area contributed by atoms with E-state index in [2.05, 4.69) is 17.2 Å². The molecule has 2 aliphatic rings. The molecule has 0 radical (unpaired) electrons. The number of rotatable bonds is 3. The van der Waals surface area contributed by atoms with Crippen LogP contribution in [0.5, 0.6) is 11.5 Å². The van der Waals surface area contributed by atoms with Gasteiger partial charge in [-0.05, 0) is 42.0 Å². The monoisotopic (exact) mass is 290 g/mol.